The van der Waals surface area contributed by atoms with Crippen LogP contribution in [0.5, 0.6) is 11.6 Å². The number of fused-ring (bicyclic) bond motifs is 1. The van der Waals surface area contributed by atoms with Crippen molar-refractivity contribution < 1.29 is 4.74 Å². The SMILES string of the molecule is C[C@@H]1CCc2c(Oc3c(Cl)cc(-n4nc(N)c(=O)[nH]c4=O)nc3Cl)n[nH]c(=O)c21. The fourth-order valence-electron chi connectivity index (χ4n) is 3.16. The van der Waals surface area contributed by atoms with E-state index in [0.29, 0.717) is 17.5 Å². The van der Waals surface area contributed by atoms with Gasteiger partial charge < -0.3 is 10.5 Å². The topological polar surface area (TPSA) is 162 Å². The zero-order chi connectivity index (χ0) is 20.9. The molecule has 11 nitrogen and oxygen atoms in total. The molecule has 1 atom stereocenters. The highest BCUT2D eigenvalue weighted by Gasteiger charge is 2.28. The molecule has 1 aliphatic rings. The number of nitrogens with one attached hydrogen (secondary N) is 2. The van der Waals surface area contributed by atoms with Gasteiger partial charge in [0.25, 0.3) is 11.1 Å². The zero-order valence-electron chi connectivity index (χ0n) is 14.8. The van der Waals surface area contributed by atoms with Gasteiger partial charge in [-0.15, -0.1) is 10.2 Å². The Morgan fingerprint density at radius 3 is 2.76 bits per heavy atom. The van der Waals surface area contributed by atoms with Crippen molar-refractivity contribution in [3.63, 3.8) is 0 Å². The molecule has 3 aromatic rings. The number of rotatable bonds is 3. The molecule has 0 saturated heterocycles. The van der Waals surface area contributed by atoms with Crippen LogP contribution in [-0.4, -0.2) is 29.9 Å². The normalized spacial score (nSPS) is 15.3. The summed E-state index contributed by atoms with van der Waals surface area (Å²) in [6.07, 6.45) is 1.42. The summed E-state index contributed by atoms with van der Waals surface area (Å²) in [5.74, 6) is -0.265. The number of aromatic amines is 2. The van der Waals surface area contributed by atoms with Gasteiger partial charge in [-0.3, -0.25) is 14.6 Å². The summed E-state index contributed by atoms with van der Waals surface area (Å²) in [6, 6.07) is 1.27. The van der Waals surface area contributed by atoms with Gasteiger partial charge in [0.05, 0.1) is 5.02 Å². The van der Waals surface area contributed by atoms with Crippen molar-refractivity contribution in [3.05, 3.63) is 58.6 Å². The summed E-state index contributed by atoms with van der Waals surface area (Å²) in [5, 5.41) is 9.85. The second-order valence-corrected chi connectivity index (χ2v) is 7.20. The van der Waals surface area contributed by atoms with Crippen LogP contribution >= 0.6 is 23.2 Å². The molecule has 1 aliphatic carbocycles. The van der Waals surface area contributed by atoms with Gasteiger partial charge in [-0.1, -0.05) is 30.1 Å². The van der Waals surface area contributed by atoms with Crippen LogP contribution in [0.15, 0.2) is 20.4 Å². The molecule has 3 heterocycles. The highest BCUT2D eigenvalue weighted by Crippen LogP contribution is 2.40. The maximum Gasteiger partial charge on any atom is 0.351 e. The van der Waals surface area contributed by atoms with E-state index in [1.165, 1.54) is 6.07 Å². The molecule has 150 valence electrons. The monoisotopic (exact) mass is 437 g/mol. The summed E-state index contributed by atoms with van der Waals surface area (Å²) >= 11 is 12.5. The van der Waals surface area contributed by atoms with Gasteiger partial charge in [-0.2, -0.15) is 4.68 Å². The molecule has 0 unspecified atom stereocenters. The molecule has 3 aromatic heterocycles. The molecule has 0 saturated carbocycles. The Balaban J connectivity index is 1.77. The van der Waals surface area contributed by atoms with Crippen LogP contribution < -0.4 is 27.3 Å². The lowest BCUT2D eigenvalue weighted by molar-refractivity contribution is 0.446. The Morgan fingerprint density at radius 1 is 1.28 bits per heavy atom. The fraction of sp³-hybridized carbons (Fsp3) is 0.250. The number of nitrogens with zero attached hydrogens (tertiary/aromatic N) is 4. The molecule has 0 radical (unpaired) electrons. The number of aromatic nitrogens is 6. The first-order valence-electron chi connectivity index (χ1n) is 8.41. The molecule has 0 amide bonds. The Morgan fingerprint density at radius 2 is 2.03 bits per heavy atom. The molecule has 4 N–H and O–H groups in total. The lowest BCUT2D eigenvalue weighted by Crippen LogP contribution is -2.33. The summed E-state index contributed by atoms with van der Waals surface area (Å²) in [7, 11) is 0. The molecule has 0 bridgehead atoms. The maximum atomic E-state index is 12.0. The largest absolute Gasteiger partial charge is 0.433 e. The maximum absolute atomic E-state index is 12.0. The Kier molecular flexibility index (Phi) is 4.63. The molecular formula is C16H13Cl2N7O4. The third-order valence-corrected chi connectivity index (χ3v) is 5.09. The molecule has 4 rings (SSSR count). The lowest BCUT2D eigenvalue weighted by atomic mass is 10.1. The minimum absolute atomic E-state index is 0.00580. The smallest absolute Gasteiger partial charge is 0.351 e. The quantitative estimate of drug-likeness (QED) is 0.513. The van der Waals surface area contributed by atoms with Crippen LogP contribution in [0.3, 0.4) is 0 Å². The fourth-order valence-corrected chi connectivity index (χ4v) is 3.66. The predicted molar refractivity (Wildman–Crippen MR) is 104 cm³/mol. The first-order chi connectivity index (χ1) is 13.8. The Hall–Kier alpha value is -3.18. The van der Waals surface area contributed by atoms with Gasteiger partial charge in [-0.25, -0.2) is 14.9 Å². The van der Waals surface area contributed by atoms with E-state index in [1.54, 1.807) is 0 Å². The van der Waals surface area contributed by atoms with Crippen molar-refractivity contribution in [2.24, 2.45) is 0 Å². The Labute approximate surface area is 171 Å². The number of pyridine rings is 1. The van der Waals surface area contributed by atoms with Crippen molar-refractivity contribution in [1.29, 1.82) is 0 Å². The van der Waals surface area contributed by atoms with Gasteiger partial charge in [-0.05, 0) is 18.8 Å². The second-order valence-electron chi connectivity index (χ2n) is 6.43. The van der Waals surface area contributed by atoms with Gasteiger partial charge in [0.1, 0.15) is 0 Å². The number of H-pyrrole nitrogens is 2. The van der Waals surface area contributed by atoms with Crippen LogP contribution in [0.1, 0.15) is 30.4 Å². The van der Waals surface area contributed by atoms with E-state index in [9.17, 15) is 14.4 Å². The molecule has 29 heavy (non-hydrogen) atoms. The van der Waals surface area contributed by atoms with Gasteiger partial charge in [0.2, 0.25) is 11.7 Å². The van der Waals surface area contributed by atoms with Crippen molar-refractivity contribution in [1.82, 2.24) is 29.9 Å². The number of anilines is 1. The van der Waals surface area contributed by atoms with Crippen molar-refractivity contribution in [3.8, 4) is 17.4 Å². The summed E-state index contributed by atoms with van der Waals surface area (Å²) < 4.78 is 6.50. The lowest BCUT2D eigenvalue weighted by Gasteiger charge is -2.12. The Bertz CT molecular complexity index is 1290. The predicted octanol–water partition coefficient (Wildman–Crippen LogP) is 1.13. The molecule has 0 fully saturated rings. The van der Waals surface area contributed by atoms with Crippen LogP contribution in [-0.2, 0) is 6.42 Å². The van der Waals surface area contributed by atoms with E-state index < -0.39 is 17.1 Å². The molecule has 0 spiro atoms. The number of halogens is 2. The van der Waals surface area contributed by atoms with Gasteiger partial charge in [0.15, 0.2) is 16.7 Å². The molecule has 0 aromatic carbocycles. The average Bonchev–Trinajstić information content (AvgIpc) is 3.05. The first kappa shape index (κ1) is 19.2. The first-order valence-corrected chi connectivity index (χ1v) is 9.16. The average molecular weight is 438 g/mol. The number of hydrogen-bond acceptors (Lipinski definition) is 8. The minimum Gasteiger partial charge on any atom is -0.433 e. The van der Waals surface area contributed by atoms with E-state index in [-0.39, 0.29) is 39.1 Å². The van der Waals surface area contributed by atoms with Crippen LogP contribution in [0, 0.1) is 0 Å². The third-order valence-electron chi connectivity index (χ3n) is 4.55. The summed E-state index contributed by atoms with van der Waals surface area (Å²) in [6.45, 7) is 1.95. The summed E-state index contributed by atoms with van der Waals surface area (Å²) in [5.41, 5.74) is 4.79. The van der Waals surface area contributed by atoms with E-state index in [4.69, 9.17) is 33.7 Å². The highest BCUT2D eigenvalue weighted by molar-refractivity contribution is 6.36. The van der Waals surface area contributed by atoms with Gasteiger partial charge >= 0.3 is 5.69 Å². The third kappa shape index (κ3) is 3.28. The number of nitrogens with two attached hydrogens (primary N) is 1. The van der Waals surface area contributed by atoms with E-state index in [0.717, 1.165) is 11.1 Å². The van der Waals surface area contributed by atoms with Gasteiger partial charge in [0, 0.05) is 17.2 Å². The van der Waals surface area contributed by atoms with Crippen molar-refractivity contribution in [2.75, 3.05) is 5.73 Å². The van der Waals surface area contributed by atoms with Crippen molar-refractivity contribution in [2.45, 2.75) is 25.7 Å². The number of ether oxygens (including phenoxy) is 1. The highest BCUT2D eigenvalue weighted by atomic mass is 35.5. The second kappa shape index (κ2) is 7.01. The minimum atomic E-state index is -0.869. The van der Waals surface area contributed by atoms with E-state index in [2.05, 4.69) is 20.3 Å². The number of nitrogen functional groups attached to an aromatic ring is 1. The van der Waals surface area contributed by atoms with Crippen LogP contribution in [0.2, 0.25) is 10.2 Å². The van der Waals surface area contributed by atoms with Crippen LogP contribution in [0.4, 0.5) is 5.82 Å². The molecule has 13 heteroatoms. The van der Waals surface area contributed by atoms with Crippen molar-refractivity contribution >= 4 is 29.0 Å². The molecule has 0 aliphatic heterocycles. The van der Waals surface area contributed by atoms with E-state index >= 15 is 0 Å². The summed E-state index contributed by atoms with van der Waals surface area (Å²) in [4.78, 5) is 41.4. The van der Waals surface area contributed by atoms with Crippen LogP contribution in [0.25, 0.3) is 5.82 Å². The number of hydrogen-bond donors (Lipinski definition) is 3. The standard InChI is InChI=1S/C16H13Cl2N7O4/c1-5-2-3-6-9(5)13(26)22-23-15(6)29-10-7(17)4-8(20-11(10)18)25-16(28)21-14(27)12(19)24-25/h4-5H,2-3H2,1H3,(H2,19,24)(H,22,26)(H,21,27,28)/t5-/m1/s1. The van der Waals surface area contributed by atoms with E-state index in [1.807, 2.05) is 11.9 Å². The molecular weight excluding hydrogens is 425 g/mol. The zero-order valence-corrected chi connectivity index (χ0v) is 16.3.